The molecule has 2 nitrogen and oxygen atoms in total. The first-order valence-electron chi connectivity index (χ1n) is 12.5. The highest BCUT2D eigenvalue weighted by Gasteiger charge is 2.36. The first-order chi connectivity index (χ1) is 15.6. The van der Waals surface area contributed by atoms with Crippen LogP contribution >= 0.6 is 0 Å². The van der Waals surface area contributed by atoms with Gasteiger partial charge in [0.2, 0.25) is 0 Å². The third kappa shape index (κ3) is 4.82. The minimum Gasteiger partial charge on any atom is -0.318 e. The minimum absolute atomic E-state index is 0.153. The van der Waals surface area contributed by atoms with Crippen molar-refractivity contribution in [2.45, 2.75) is 92.0 Å². The van der Waals surface area contributed by atoms with E-state index in [2.05, 4.69) is 45.6 Å². The van der Waals surface area contributed by atoms with Crippen LogP contribution in [0.2, 0.25) is 0 Å². The van der Waals surface area contributed by atoms with Gasteiger partial charge in [0.05, 0.1) is 11.7 Å². The molecule has 0 saturated heterocycles. The molecule has 1 atom stereocenters. The van der Waals surface area contributed by atoms with E-state index in [1.54, 1.807) is 17.7 Å². The van der Waals surface area contributed by atoms with Crippen LogP contribution in [0, 0.1) is 12.7 Å². The molecule has 1 aliphatic rings. The number of allylic oxidation sites excluding steroid dienone is 2. The van der Waals surface area contributed by atoms with Crippen LogP contribution in [0.1, 0.15) is 90.2 Å². The summed E-state index contributed by atoms with van der Waals surface area (Å²) in [6, 6.07) is 11.6. The van der Waals surface area contributed by atoms with Crippen LogP contribution in [0.15, 0.2) is 59.3 Å². The van der Waals surface area contributed by atoms with E-state index < -0.39 is 0 Å². The molecule has 3 rings (SSSR count). The SMILES string of the molecule is CCCC1=C(CCC)C(CCC)N(c2ncccc2C)C(c2ccccc2F)=C1CCC. The predicted octanol–water partition coefficient (Wildman–Crippen LogP) is 8.63. The van der Waals surface area contributed by atoms with Crippen molar-refractivity contribution in [1.82, 2.24) is 4.98 Å². The lowest BCUT2D eigenvalue weighted by Gasteiger charge is -2.44. The van der Waals surface area contributed by atoms with Crippen LogP contribution in [-0.2, 0) is 0 Å². The van der Waals surface area contributed by atoms with E-state index in [0.717, 1.165) is 68.4 Å². The van der Waals surface area contributed by atoms with Crippen LogP contribution in [-0.4, -0.2) is 11.0 Å². The van der Waals surface area contributed by atoms with Gasteiger partial charge in [0.1, 0.15) is 11.6 Å². The lowest BCUT2D eigenvalue weighted by atomic mass is 9.79. The predicted molar refractivity (Wildman–Crippen MR) is 135 cm³/mol. The van der Waals surface area contributed by atoms with Crippen molar-refractivity contribution in [2.24, 2.45) is 0 Å². The van der Waals surface area contributed by atoms with Crippen molar-refractivity contribution < 1.29 is 4.39 Å². The van der Waals surface area contributed by atoms with E-state index in [4.69, 9.17) is 4.98 Å². The first kappa shape index (κ1) is 24.2. The number of aryl methyl sites for hydroxylation is 1. The molecule has 0 saturated carbocycles. The van der Waals surface area contributed by atoms with Crippen LogP contribution in [0.4, 0.5) is 10.2 Å². The summed E-state index contributed by atoms with van der Waals surface area (Å²) < 4.78 is 15.4. The van der Waals surface area contributed by atoms with Crippen LogP contribution < -0.4 is 4.90 Å². The van der Waals surface area contributed by atoms with E-state index in [1.807, 2.05) is 24.4 Å². The molecule has 0 bridgehead atoms. The van der Waals surface area contributed by atoms with Crippen molar-refractivity contribution in [3.8, 4) is 0 Å². The van der Waals surface area contributed by atoms with Crippen molar-refractivity contribution in [2.75, 3.05) is 4.90 Å². The first-order valence-corrected chi connectivity index (χ1v) is 12.5. The number of hydrogen-bond acceptors (Lipinski definition) is 2. The van der Waals surface area contributed by atoms with E-state index in [-0.39, 0.29) is 11.9 Å². The van der Waals surface area contributed by atoms with Gasteiger partial charge in [0, 0.05) is 11.8 Å². The molecule has 0 aliphatic carbocycles. The molecular formula is C29H39FN2. The zero-order valence-corrected chi connectivity index (χ0v) is 20.5. The van der Waals surface area contributed by atoms with Gasteiger partial charge in [-0.1, -0.05) is 71.6 Å². The van der Waals surface area contributed by atoms with Crippen molar-refractivity contribution in [3.05, 3.63) is 76.3 Å². The molecule has 1 aliphatic heterocycles. The average Bonchev–Trinajstić information content (AvgIpc) is 2.79. The van der Waals surface area contributed by atoms with Gasteiger partial charge in [-0.05, 0) is 73.1 Å². The summed E-state index contributed by atoms with van der Waals surface area (Å²) in [6.07, 6.45) is 10.3. The number of rotatable bonds is 10. The maximum atomic E-state index is 15.4. The van der Waals surface area contributed by atoms with Crippen LogP contribution in [0.25, 0.3) is 5.70 Å². The molecule has 172 valence electrons. The van der Waals surface area contributed by atoms with Gasteiger partial charge in [0.15, 0.2) is 0 Å². The molecule has 1 unspecified atom stereocenters. The van der Waals surface area contributed by atoms with Crippen molar-refractivity contribution in [3.63, 3.8) is 0 Å². The van der Waals surface area contributed by atoms with Gasteiger partial charge >= 0.3 is 0 Å². The summed E-state index contributed by atoms with van der Waals surface area (Å²) in [4.78, 5) is 7.24. The second kappa shape index (κ2) is 11.4. The molecule has 0 radical (unpaired) electrons. The summed E-state index contributed by atoms with van der Waals surface area (Å²) >= 11 is 0. The molecule has 2 heterocycles. The lowest BCUT2D eigenvalue weighted by molar-refractivity contribution is 0.592. The summed E-state index contributed by atoms with van der Waals surface area (Å²) in [7, 11) is 0. The van der Waals surface area contributed by atoms with E-state index in [0.29, 0.717) is 5.56 Å². The molecule has 3 heteroatoms. The minimum atomic E-state index is -0.153. The van der Waals surface area contributed by atoms with Gasteiger partial charge in [-0.25, -0.2) is 9.37 Å². The molecule has 1 aromatic carbocycles. The van der Waals surface area contributed by atoms with Gasteiger partial charge in [-0.3, -0.25) is 0 Å². The molecule has 32 heavy (non-hydrogen) atoms. The maximum Gasteiger partial charge on any atom is 0.136 e. The van der Waals surface area contributed by atoms with Gasteiger partial charge in [-0.2, -0.15) is 0 Å². The number of hydrogen-bond donors (Lipinski definition) is 0. The van der Waals surface area contributed by atoms with Crippen LogP contribution in [0.5, 0.6) is 0 Å². The Labute approximate surface area is 194 Å². The third-order valence-corrected chi connectivity index (χ3v) is 6.41. The van der Waals surface area contributed by atoms with Gasteiger partial charge in [0.25, 0.3) is 0 Å². The molecule has 0 amide bonds. The zero-order chi connectivity index (χ0) is 23.1. The highest BCUT2D eigenvalue weighted by molar-refractivity contribution is 5.87. The quantitative estimate of drug-likeness (QED) is 0.372. The Morgan fingerprint density at radius 1 is 0.844 bits per heavy atom. The Morgan fingerprint density at radius 2 is 1.53 bits per heavy atom. The number of anilines is 1. The summed E-state index contributed by atoms with van der Waals surface area (Å²) in [5.74, 6) is 0.807. The third-order valence-electron chi connectivity index (χ3n) is 6.41. The van der Waals surface area contributed by atoms with Gasteiger partial charge < -0.3 is 4.90 Å². The Bertz CT molecular complexity index is 973. The van der Waals surface area contributed by atoms with Crippen molar-refractivity contribution in [1.29, 1.82) is 0 Å². The normalized spacial score (nSPS) is 16.8. The Hall–Kier alpha value is -2.42. The molecule has 1 aromatic heterocycles. The summed E-state index contributed by atoms with van der Waals surface area (Å²) in [5.41, 5.74) is 7.22. The zero-order valence-electron chi connectivity index (χ0n) is 20.5. The molecular weight excluding hydrogens is 395 g/mol. The van der Waals surface area contributed by atoms with E-state index >= 15 is 4.39 Å². The van der Waals surface area contributed by atoms with Gasteiger partial charge in [-0.15, -0.1) is 0 Å². The molecule has 2 aromatic rings. The second-order valence-corrected chi connectivity index (χ2v) is 8.88. The largest absolute Gasteiger partial charge is 0.318 e. The number of nitrogens with zero attached hydrogens (tertiary/aromatic N) is 2. The van der Waals surface area contributed by atoms with E-state index in [1.165, 1.54) is 11.1 Å². The lowest BCUT2D eigenvalue weighted by Crippen LogP contribution is -2.41. The fraction of sp³-hybridized carbons (Fsp3) is 0.483. The molecule has 0 N–H and O–H groups in total. The fourth-order valence-corrected chi connectivity index (χ4v) is 5.17. The Kier molecular flexibility index (Phi) is 8.67. The number of pyridine rings is 1. The highest BCUT2D eigenvalue weighted by atomic mass is 19.1. The average molecular weight is 435 g/mol. The standard InChI is InChI=1S/C29H39FN2/c1-6-13-22-23(14-7-2)27(16-9-4)32(29-21(5)17-12-20-31-29)28(24(22)15-8-3)25-18-10-11-19-26(25)30/h10-12,17-20,27H,6-9,13-16H2,1-5H3. The Morgan fingerprint density at radius 3 is 2.16 bits per heavy atom. The summed E-state index contributed by atoms with van der Waals surface area (Å²) in [5, 5.41) is 0. The number of aromatic nitrogens is 1. The smallest absolute Gasteiger partial charge is 0.136 e. The Balaban J connectivity index is 2.42. The highest BCUT2D eigenvalue weighted by Crippen LogP contribution is 2.46. The van der Waals surface area contributed by atoms with E-state index in [9.17, 15) is 0 Å². The summed E-state index contributed by atoms with van der Waals surface area (Å²) in [6.45, 7) is 11.1. The number of benzene rings is 1. The van der Waals surface area contributed by atoms with Crippen molar-refractivity contribution >= 4 is 11.5 Å². The fourth-order valence-electron chi connectivity index (χ4n) is 5.17. The number of halogens is 1. The van der Waals surface area contributed by atoms with Crippen LogP contribution in [0.3, 0.4) is 0 Å². The molecule has 0 fully saturated rings. The monoisotopic (exact) mass is 434 g/mol. The molecule has 0 spiro atoms. The topological polar surface area (TPSA) is 16.1 Å². The second-order valence-electron chi connectivity index (χ2n) is 8.88. The maximum absolute atomic E-state index is 15.4.